The maximum Gasteiger partial charge on any atom is 0.285 e. The Kier molecular flexibility index (Phi) is 11.7. The number of nitrogens with zero attached hydrogens (tertiary/aromatic N) is 1. The highest BCUT2D eigenvalue weighted by atomic mass is 35.5. The van der Waals surface area contributed by atoms with E-state index in [-0.39, 0.29) is 12.4 Å². The zero-order chi connectivity index (χ0) is 9.56. The third kappa shape index (κ3) is 5.28. The van der Waals surface area contributed by atoms with Crippen LogP contribution in [-0.2, 0) is 0 Å². The fraction of sp³-hybridized carbons (Fsp3) is 1.00. The van der Waals surface area contributed by atoms with Crippen molar-refractivity contribution in [3.05, 3.63) is 0 Å². The average Bonchev–Trinajstić information content (AvgIpc) is 2.09. The molecule has 13 heavy (non-hydrogen) atoms. The molecular formula is C10H25AlClN. The van der Waals surface area contributed by atoms with Gasteiger partial charge in [-0.25, -0.2) is 0 Å². The first-order valence-corrected chi connectivity index (χ1v) is 7.75. The Hall–Kier alpha value is 0.782. The van der Waals surface area contributed by atoms with Crippen molar-refractivity contribution >= 4 is 26.6 Å². The molecule has 0 spiro atoms. The summed E-state index contributed by atoms with van der Waals surface area (Å²) in [4.78, 5) is 3.51. The molecule has 0 N–H and O–H groups in total. The average molecular weight is 222 g/mol. The minimum atomic E-state index is -0.453. The highest BCUT2D eigenvalue weighted by molar-refractivity contribution is 6.60. The fourth-order valence-corrected chi connectivity index (χ4v) is 5.03. The monoisotopic (exact) mass is 221 g/mol. The molecule has 0 aromatic carbocycles. The van der Waals surface area contributed by atoms with Gasteiger partial charge in [-0.1, -0.05) is 45.2 Å². The minimum absolute atomic E-state index is 0. The Morgan fingerprint density at radius 2 is 1.38 bits per heavy atom. The molecule has 1 atom stereocenters. The van der Waals surface area contributed by atoms with E-state index in [0.29, 0.717) is 0 Å². The molecule has 0 aliphatic rings. The van der Waals surface area contributed by atoms with Gasteiger partial charge in [-0.05, 0) is 18.0 Å². The summed E-state index contributed by atoms with van der Waals surface area (Å²) in [5.74, 6) is 0. The molecule has 0 aliphatic carbocycles. The molecule has 3 heteroatoms. The summed E-state index contributed by atoms with van der Waals surface area (Å²) in [5.41, 5.74) is 0. The van der Waals surface area contributed by atoms with E-state index in [1.165, 1.54) is 23.7 Å². The third-order valence-corrected chi connectivity index (χ3v) is 7.00. The molecule has 0 rings (SSSR count). The molecule has 0 saturated heterocycles. The maximum atomic E-state index is 2.61. The van der Waals surface area contributed by atoms with Crippen molar-refractivity contribution < 1.29 is 0 Å². The summed E-state index contributed by atoms with van der Waals surface area (Å²) in [6.45, 7) is 14.1. The van der Waals surface area contributed by atoms with Gasteiger partial charge in [-0.2, -0.15) is 0 Å². The summed E-state index contributed by atoms with van der Waals surface area (Å²) >= 11 is -0.453. The molecule has 0 aromatic heterocycles. The van der Waals surface area contributed by atoms with Gasteiger partial charge >= 0.3 is 0 Å². The molecule has 0 fully saturated rings. The highest BCUT2D eigenvalue weighted by Gasteiger charge is 2.23. The molecule has 0 radical (unpaired) electrons. The van der Waals surface area contributed by atoms with Crippen molar-refractivity contribution in [1.82, 2.24) is 4.90 Å². The van der Waals surface area contributed by atoms with Gasteiger partial charge < -0.3 is 4.90 Å². The predicted molar refractivity (Wildman–Crippen MR) is 66.3 cm³/mol. The van der Waals surface area contributed by atoms with Crippen LogP contribution in [-0.4, -0.2) is 37.0 Å². The Labute approximate surface area is 94.7 Å². The molecular weight excluding hydrogens is 197 g/mol. The molecule has 0 aromatic rings. The SMILES string of the molecule is CCN(CC)[CH](C)[Al]([CH2]C)[CH2]C.Cl. The van der Waals surface area contributed by atoms with Crippen molar-refractivity contribution in [2.24, 2.45) is 0 Å². The van der Waals surface area contributed by atoms with Gasteiger partial charge in [0.1, 0.15) is 0 Å². The van der Waals surface area contributed by atoms with Crippen molar-refractivity contribution in [3.8, 4) is 0 Å². The van der Waals surface area contributed by atoms with Gasteiger partial charge in [0.05, 0.1) is 0 Å². The Morgan fingerprint density at radius 1 is 1.00 bits per heavy atom. The zero-order valence-corrected chi connectivity index (χ0v) is 11.8. The number of hydrogen-bond acceptors (Lipinski definition) is 1. The van der Waals surface area contributed by atoms with Crippen LogP contribution in [0.5, 0.6) is 0 Å². The molecule has 0 bridgehead atoms. The van der Waals surface area contributed by atoms with Crippen LogP contribution in [0.25, 0.3) is 0 Å². The predicted octanol–water partition coefficient (Wildman–Crippen LogP) is 3.21. The van der Waals surface area contributed by atoms with E-state index in [2.05, 4.69) is 39.5 Å². The van der Waals surface area contributed by atoms with Gasteiger partial charge in [0.25, 0.3) is 14.1 Å². The Balaban J connectivity index is 0. The second-order valence-corrected chi connectivity index (χ2v) is 7.66. The van der Waals surface area contributed by atoms with E-state index in [4.69, 9.17) is 0 Å². The molecule has 0 saturated carbocycles. The minimum Gasteiger partial charge on any atom is -0.314 e. The largest absolute Gasteiger partial charge is 0.314 e. The summed E-state index contributed by atoms with van der Waals surface area (Å²) in [6.07, 6.45) is 0. The standard InChI is InChI=1S/C6H14N.2C2H5.Al.ClH/c1-4-7(5-2)6-3;2*1-2;;/h4H,5-6H2,1-3H3;2*1H2,2H3;;1H. The second-order valence-electron chi connectivity index (χ2n) is 3.54. The smallest absolute Gasteiger partial charge is 0.285 e. The van der Waals surface area contributed by atoms with Gasteiger partial charge in [0.2, 0.25) is 0 Å². The molecule has 1 unspecified atom stereocenters. The van der Waals surface area contributed by atoms with Crippen molar-refractivity contribution in [2.75, 3.05) is 13.1 Å². The van der Waals surface area contributed by atoms with E-state index in [0.717, 1.165) is 4.90 Å². The third-order valence-electron chi connectivity index (χ3n) is 3.12. The summed E-state index contributed by atoms with van der Waals surface area (Å²) in [6, 6.07) is 0. The Bertz CT molecular complexity index is 91.1. The van der Waals surface area contributed by atoms with Crippen LogP contribution < -0.4 is 0 Å². The van der Waals surface area contributed by atoms with Gasteiger partial charge in [0.15, 0.2) is 0 Å². The van der Waals surface area contributed by atoms with Crippen molar-refractivity contribution in [3.63, 3.8) is 0 Å². The first kappa shape index (κ1) is 16.2. The van der Waals surface area contributed by atoms with Crippen LogP contribution in [0.3, 0.4) is 0 Å². The highest BCUT2D eigenvalue weighted by Crippen LogP contribution is 2.10. The number of rotatable bonds is 6. The molecule has 0 amide bonds. The first-order valence-electron chi connectivity index (χ1n) is 5.45. The fourth-order valence-electron chi connectivity index (χ4n) is 2.07. The lowest BCUT2D eigenvalue weighted by Crippen LogP contribution is -2.43. The van der Waals surface area contributed by atoms with E-state index < -0.39 is 14.1 Å². The molecule has 0 aliphatic heterocycles. The van der Waals surface area contributed by atoms with E-state index in [1.807, 2.05) is 0 Å². The number of hydrogen-bond donors (Lipinski definition) is 0. The van der Waals surface area contributed by atoms with Crippen LogP contribution in [0.15, 0.2) is 0 Å². The van der Waals surface area contributed by atoms with E-state index in [1.54, 1.807) is 0 Å². The first-order chi connectivity index (χ1) is 5.71. The van der Waals surface area contributed by atoms with Crippen molar-refractivity contribution in [1.29, 1.82) is 0 Å². The lowest BCUT2D eigenvalue weighted by molar-refractivity contribution is 0.285. The van der Waals surface area contributed by atoms with Gasteiger partial charge in [-0.3, -0.25) is 0 Å². The second kappa shape index (κ2) is 9.34. The van der Waals surface area contributed by atoms with E-state index in [9.17, 15) is 0 Å². The molecule has 0 heterocycles. The lowest BCUT2D eigenvalue weighted by Gasteiger charge is -2.29. The summed E-state index contributed by atoms with van der Waals surface area (Å²) < 4.78 is 0. The van der Waals surface area contributed by atoms with Gasteiger partial charge in [-0.15, -0.1) is 12.4 Å². The quantitative estimate of drug-likeness (QED) is 0.623. The maximum absolute atomic E-state index is 2.61. The van der Waals surface area contributed by atoms with Crippen LogP contribution in [0.1, 0.15) is 34.6 Å². The summed E-state index contributed by atoms with van der Waals surface area (Å²) in [7, 11) is 0. The van der Waals surface area contributed by atoms with Crippen LogP contribution in [0.4, 0.5) is 0 Å². The van der Waals surface area contributed by atoms with Crippen LogP contribution >= 0.6 is 12.4 Å². The Morgan fingerprint density at radius 3 is 1.62 bits per heavy atom. The summed E-state index contributed by atoms with van der Waals surface area (Å²) in [5, 5.41) is 2.91. The van der Waals surface area contributed by atoms with Gasteiger partial charge in [0, 0.05) is 0 Å². The van der Waals surface area contributed by atoms with Crippen LogP contribution in [0, 0.1) is 0 Å². The van der Waals surface area contributed by atoms with E-state index >= 15 is 0 Å². The van der Waals surface area contributed by atoms with Crippen LogP contribution in [0.2, 0.25) is 10.6 Å². The zero-order valence-electron chi connectivity index (χ0n) is 9.84. The topological polar surface area (TPSA) is 3.24 Å². The van der Waals surface area contributed by atoms with Crippen molar-refractivity contribution in [2.45, 2.75) is 50.1 Å². The number of halogens is 1. The molecule has 1 nitrogen and oxygen atoms in total. The normalized spacial score (nSPS) is 12.5. The lowest BCUT2D eigenvalue weighted by atomic mass is 10.5. The molecule has 80 valence electrons.